The van der Waals surface area contributed by atoms with Crippen LogP contribution in [0.3, 0.4) is 0 Å². The molecule has 18 heavy (non-hydrogen) atoms. The van der Waals surface area contributed by atoms with Gasteiger partial charge in [0.25, 0.3) is 0 Å². The fourth-order valence-corrected chi connectivity index (χ4v) is 5.08. The molecule has 0 aliphatic heterocycles. The van der Waals surface area contributed by atoms with Gasteiger partial charge in [-0.3, -0.25) is 0 Å². The quantitative estimate of drug-likeness (QED) is 0.550. The Morgan fingerprint density at radius 2 is 1.61 bits per heavy atom. The van der Waals surface area contributed by atoms with Crippen LogP contribution in [0.25, 0.3) is 6.08 Å². The molecule has 1 nitrogen and oxygen atoms in total. The standard InChI is InChI=1S/C15H26NSi.BrH/c1-16(2,14-17(3,4)5)13-9-12-15-10-7-6-8-11-15;/h6-12H,13-14H2,1-5H3;1H/q+1;/p-1/b12-9+;. The Kier molecular flexibility index (Phi) is 7.11. The van der Waals surface area contributed by atoms with Crippen LogP contribution in [0.5, 0.6) is 0 Å². The molecule has 0 saturated heterocycles. The Hall–Kier alpha value is -0.383. The van der Waals surface area contributed by atoms with Crippen molar-refractivity contribution in [3.05, 3.63) is 42.0 Å². The van der Waals surface area contributed by atoms with E-state index in [1.165, 1.54) is 11.7 Å². The van der Waals surface area contributed by atoms with Gasteiger partial charge in [-0.1, -0.05) is 56.0 Å². The molecule has 0 fully saturated rings. The van der Waals surface area contributed by atoms with Crippen LogP contribution in [0.15, 0.2) is 36.4 Å². The molecule has 1 rings (SSSR count). The number of quaternary nitrogens is 1. The van der Waals surface area contributed by atoms with Gasteiger partial charge >= 0.3 is 0 Å². The van der Waals surface area contributed by atoms with Crippen molar-refractivity contribution in [1.29, 1.82) is 0 Å². The molecule has 0 aliphatic rings. The van der Waals surface area contributed by atoms with E-state index >= 15 is 0 Å². The first-order valence-corrected chi connectivity index (χ1v) is 10.0. The molecule has 0 unspecified atom stereocenters. The highest BCUT2D eigenvalue weighted by Crippen LogP contribution is 2.09. The third-order valence-electron chi connectivity index (χ3n) is 2.61. The summed E-state index contributed by atoms with van der Waals surface area (Å²) in [4.78, 5) is 0. The Balaban J connectivity index is 0.00000289. The third-order valence-corrected chi connectivity index (χ3v) is 4.42. The molecule has 0 saturated carbocycles. The smallest absolute Gasteiger partial charge is 0.110 e. The maximum atomic E-state index is 2.44. The van der Waals surface area contributed by atoms with Gasteiger partial charge in [-0.2, -0.15) is 0 Å². The van der Waals surface area contributed by atoms with Gasteiger partial charge in [0.05, 0.1) is 26.8 Å². The predicted octanol–water partition coefficient (Wildman–Crippen LogP) is 0.658. The molecule has 0 spiro atoms. The van der Waals surface area contributed by atoms with E-state index in [0.717, 1.165) is 11.0 Å². The van der Waals surface area contributed by atoms with Crippen molar-refractivity contribution in [2.75, 3.05) is 26.8 Å². The lowest BCUT2D eigenvalue weighted by atomic mass is 10.2. The molecule has 0 aromatic heterocycles. The first-order chi connectivity index (χ1) is 7.79. The lowest BCUT2D eigenvalue weighted by molar-refractivity contribution is -0.874. The fourth-order valence-electron chi connectivity index (χ4n) is 2.39. The average molecular weight is 328 g/mol. The van der Waals surface area contributed by atoms with Crippen LogP contribution < -0.4 is 17.0 Å². The van der Waals surface area contributed by atoms with E-state index in [0.29, 0.717) is 0 Å². The van der Waals surface area contributed by atoms with Gasteiger partial charge in [-0.15, -0.1) is 0 Å². The van der Waals surface area contributed by atoms with Crippen LogP contribution in [0, 0.1) is 0 Å². The zero-order valence-electron chi connectivity index (χ0n) is 12.3. The Bertz CT molecular complexity index is 366. The van der Waals surface area contributed by atoms with E-state index in [2.05, 4.69) is 76.2 Å². The molecule has 0 N–H and O–H groups in total. The van der Waals surface area contributed by atoms with Crippen LogP contribution in [-0.4, -0.2) is 39.4 Å². The number of hydrogen-bond acceptors (Lipinski definition) is 0. The maximum Gasteiger partial charge on any atom is 0.110 e. The topological polar surface area (TPSA) is 0 Å². The zero-order valence-corrected chi connectivity index (χ0v) is 14.9. The first-order valence-electron chi connectivity index (χ1n) is 6.32. The average Bonchev–Trinajstić information content (AvgIpc) is 2.15. The third kappa shape index (κ3) is 7.85. The minimum absolute atomic E-state index is 0. The van der Waals surface area contributed by atoms with Crippen LogP contribution in [0.1, 0.15) is 5.56 Å². The summed E-state index contributed by atoms with van der Waals surface area (Å²) in [5.41, 5.74) is 1.29. The van der Waals surface area contributed by atoms with Crippen molar-refractivity contribution in [1.82, 2.24) is 0 Å². The normalized spacial score (nSPS) is 12.5. The number of benzene rings is 1. The Morgan fingerprint density at radius 1 is 1.06 bits per heavy atom. The van der Waals surface area contributed by atoms with Gasteiger partial charge in [0.2, 0.25) is 0 Å². The second kappa shape index (κ2) is 7.27. The number of rotatable bonds is 5. The largest absolute Gasteiger partial charge is 1.00 e. The lowest BCUT2D eigenvalue weighted by Gasteiger charge is -2.34. The Labute approximate surface area is 124 Å². The van der Waals surface area contributed by atoms with Crippen LogP contribution in [0.4, 0.5) is 0 Å². The summed E-state index contributed by atoms with van der Waals surface area (Å²) in [6.07, 6.45) is 5.85. The van der Waals surface area contributed by atoms with Crippen molar-refractivity contribution in [2.45, 2.75) is 19.6 Å². The van der Waals surface area contributed by atoms with E-state index in [-0.39, 0.29) is 17.0 Å². The van der Waals surface area contributed by atoms with Crippen molar-refractivity contribution in [3.8, 4) is 0 Å². The molecule has 102 valence electrons. The molecule has 1 aromatic carbocycles. The summed E-state index contributed by atoms with van der Waals surface area (Å²) < 4.78 is 1.10. The molecular weight excluding hydrogens is 302 g/mol. The van der Waals surface area contributed by atoms with E-state index in [1.807, 2.05) is 0 Å². The predicted molar refractivity (Wildman–Crippen MR) is 80.7 cm³/mol. The van der Waals surface area contributed by atoms with Crippen molar-refractivity contribution >= 4 is 14.1 Å². The fraction of sp³-hybridized carbons (Fsp3) is 0.467. The maximum absolute atomic E-state index is 2.44. The number of halogens is 1. The van der Waals surface area contributed by atoms with Crippen LogP contribution in [-0.2, 0) is 0 Å². The van der Waals surface area contributed by atoms with Crippen LogP contribution in [0.2, 0.25) is 19.6 Å². The second-order valence-electron chi connectivity index (χ2n) is 6.65. The minimum Gasteiger partial charge on any atom is -1.00 e. The molecule has 1 aromatic rings. The molecule has 0 radical (unpaired) electrons. The highest BCUT2D eigenvalue weighted by molar-refractivity contribution is 6.75. The SMILES string of the molecule is C[N+](C)(C/C=C/c1ccccc1)C[Si](C)(C)C.[Br-]. The zero-order chi connectivity index (χ0) is 12.9. The number of nitrogens with zero attached hydrogens (tertiary/aromatic N) is 1. The van der Waals surface area contributed by atoms with Crippen molar-refractivity contribution < 1.29 is 21.5 Å². The molecular formula is C15H26BrNSi. The second-order valence-corrected chi connectivity index (χ2v) is 12.1. The summed E-state index contributed by atoms with van der Waals surface area (Å²) in [7, 11) is 3.67. The molecule has 0 heterocycles. The summed E-state index contributed by atoms with van der Waals surface area (Å²) >= 11 is 0. The highest BCUT2D eigenvalue weighted by atomic mass is 79.9. The van der Waals surface area contributed by atoms with Gasteiger partial charge in [-0.25, -0.2) is 0 Å². The molecule has 0 bridgehead atoms. The summed E-state index contributed by atoms with van der Waals surface area (Å²) in [5, 5.41) is 0. The Morgan fingerprint density at radius 3 is 2.11 bits per heavy atom. The van der Waals surface area contributed by atoms with Crippen molar-refractivity contribution in [2.24, 2.45) is 0 Å². The van der Waals surface area contributed by atoms with Gasteiger partial charge in [0.1, 0.15) is 8.07 Å². The van der Waals surface area contributed by atoms with E-state index in [9.17, 15) is 0 Å². The molecule has 3 heteroatoms. The monoisotopic (exact) mass is 327 g/mol. The molecule has 0 atom stereocenters. The lowest BCUT2D eigenvalue weighted by Crippen LogP contribution is -3.00. The van der Waals surface area contributed by atoms with Gasteiger partial charge in [0, 0.05) is 0 Å². The van der Waals surface area contributed by atoms with E-state index < -0.39 is 8.07 Å². The summed E-state index contributed by atoms with van der Waals surface area (Å²) in [5.74, 6) is 0. The highest BCUT2D eigenvalue weighted by Gasteiger charge is 2.25. The van der Waals surface area contributed by atoms with Gasteiger partial charge in [-0.05, 0) is 11.6 Å². The van der Waals surface area contributed by atoms with Crippen LogP contribution >= 0.6 is 0 Å². The number of hydrogen-bond donors (Lipinski definition) is 0. The van der Waals surface area contributed by atoms with E-state index in [4.69, 9.17) is 0 Å². The summed E-state index contributed by atoms with van der Waals surface area (Å²) in [6, 6.07) is 10.5. The number of likely N-dealkylation sites (N-methyl/N-ethyl adjacent to an activating group) is 1. The molecule has 0 amide bonds. The minimum atomic E-state index is -0.984. The van der Waals surface area contributed by atoms with Gasteiger partial charge < -0.3 is 21.5 Å². The summed E-state index contributed by atoms with van der Waals surface area (Å²) in [6.45, 7) is 8.43. The van der Waals surface area contributed by atoms with E-state index in [1.54, 1.807) is 0 Å². The molecule has 0 aliphatic carbocycles. The van der Waals surface area contributed by atoms with Gasteiger partial charge in [0.15, 0.2) is 0 Å². The first kappa shape index (κ1) is 17.6. The van der Waals surface area contributed by atoms with Crippen molar-refractivity contribution in [3.63, 3.8) is 0 Å².